The van der Waals surface area contributed by atoms with E-state index < -0.39 is 0 Å². The number of rotatable bonds is 2. The second-order valence-corrected chi connectivity index (χ2v) is 3.91. The Bertz CT molecular complexity index is 337. The zero-order valence-corrected chi connectivity index (χ0v) is 9.08. The quantitative estimate of drug-likeness (QED) is 0.749. The van der Waals surface area contributed by atoms with Gasteiger partial charge in [0.05, 0.1) is 11.1 Å². The molecule has 0 aliphatic carbocycles. The number of methoxy groups -OCH3 is 1. The summed E-state index contributed by atoms with van der Waals surface area (Å²) in [5.41, 5.74) is 1.07. The van der Waals surface area contributed by atoms with E-state index >= 15 is 0 Å². The third-order valence-electron chi connectivity index (χ3n) is 2.54. The molecule has 0 spiro atoms. The average molecular weight is 213 g/mol. The van der Waals surface area contributed by atoms with Gasteiger partial charge in [-0.2, -0.15) is 0 Å². The molecule has 2 rings (SSSR count). The third kappa shape index (κ3) is 1.57. The Morgan fingerprint density at radius 3 is 2.93 bits per heavy atom. The topological polar surface area (TPSA) is 25.4 Å². The van der Waals surface area contributed by atoms with Crippen LogP contribution >= 0.6 is 11.6 Å². The van der Waals surface area contributed by atoms with Gasteiger partial charge in [-0.1, -0.05) is 11.6 Å². The van der Waals surface area contributed by atoms with E-state index in [0.29, 0.717) is 6.10 Å². The molecule has 0 atom stereocenters. The smallest absolute Gasteiger partial charge is 0.147 e. The highest BCUT2D eigenvalue weighted by Crippen LogP contribution is 2.29. The minimum Gasteiger partial charge on any atom is -0.378 e. The molecule has 0 bridgehead atoms. The van der Waals surface area contributed by atoms with Gasteiger partial charge < -0.3 is 9.64 Å². The van der Waals surface area contributed by atoms with Crippen LogP contribution in [0.5, 0.6) is 0 Å². The summed E-state index contributed by atoms with van der Waals surface area (Å²) in [6.45, 7) is 3.75. The van der Waals surface area contributed by atoms with Gasteiger partial charge in [0.25, 0.3) is 0 Å². The van der Waals surface area contributed by atoms with Crippen LogP contribution in [-0.2, 0) is 4.74 Å². The van der Waals surface area contributed by atoms with E-state index in [1.54, 1.807) is 13.3 Å². The molecule has 1 aromatic heterocycles. The number of nitrogens with zero attached hydrogens (tertiary/aromatic N) is 2. The maximum Gasteiger partial charge on any atom is 0.147 e. The Labute approximate surface area is 88.6 Å². The van der Waals surface area contributed by atoms with Gasteiger partial charge in [-0.25, -0.2) is 4.98 Å². The molecule has 76 valence electrons. The van der Waals surface area contributed by atoms with E-state index in [9.17, 15) is 0 Å². The Morgan fingerprint density at radius 2 is 2.29 bits per heavy atom. The van der Waals surface area contributed by atoms with Crippen molar-refractivity contribution >= 4 is 17.4 Å². The van der Waals surface area contributed by atoms with Crippen LogP contribution in [-0.4, -0.2) is 31.3 Å². The lowest BCUT2D eigenvalue weighted by molar-refractivity contribution is 0.0783. The van der Waals surface area contributed by atoms with Crippen molar-refractivity contribution in [3.8, 4) is 0 Å². The van der Waals surface area contributed by atoms with Gasteiger partial charge in [0.1, 0.15) is 5.82 Å². The Kier molecular flexibility index (Phi) is 2.61. The van der Waals surface area contributed by atoms with Gasteiger partial charge >= 0.3 is 0 Å². The molecule has 0 amide bonds. The van der Waals surface area contributed by atoms with Crippen LogP contribution in [0.25, 0.3) is 0 Å². The van der Waals surface area contributed by atoms with Crippen molar-refractivity contribution in [2.45, 2.75) is 13.0 Å². The van der Waals surface area contributed by atoms with E-state index in [2.05, 4.69) is 9.88 Å². The van der Waals surface area contributed by atoms with Crippen LogP contribution in [0.1, 0.15) is 5.56 Å². The van der Waals surface area contributed by atoms with Crippen LogP contribution in [0.3, 0.4) is 0 Å². The Hall–Kier alpha value is -0.800. The van der Waals surface area contributed by atoms with Gasteiger partial charge in [0, 0.05) is 26.4 Å². The first kappa shape index (κ1) is 9.74. The summed E-state index contributed by atoms with van der Waals surface area (Å²) in [5.74, 6) is 0.875. The molecule has 0 N–H and O–H groups in total. The second-order valence-electron chi connectivity index (χ2n) is 3.53. The van der Waals surface area contributed by atoms with E-state index in [1.165, 1.54) is 0 Å². The van der Waals surface area contributed by atoms with E-state index in [-0.39, 0.29) is 0 Å². The van der Waals surface area contributed by atoms with Gasteiger partial charge in [-0.15, -0.1) is 0 Å². The average Bonchev–Trinajstić information content (AvgIpc) is 2.10. The number of hydrogen-bond acceptors (Lipinski definition) is 3. The first-order valence-corrected chi connectivity index (χ1v) is 4.99. The first-order valence-electron chi connectivity index (χ1n) is 4.61. The zero-order chi connectivity index (χ0) is 10.1. The standard InChI is InChI=1S/C10H13ClN2O/c1-7-3-4-12-10(9(7)11)13-5-8(6-13)14-2/h3-4,8H,5-6H2,1-2H3. The fourth-order valence-corrected chi connectivity index (χ4v) is 1.74. The molecule has 3 nitrogen and oxygen atoms in total. The van der Waals surface area contributed by atoms with E-state index in [1.807, 2.05) is 13.0 Å². The van der Waals surface area contributed by atoms with Crippen LogP contribution in [0.4, 0.5) is 5.82 Å². The molecule has 4 heteroatoms. The monoisotopic (exact) mass is 212 g/mol. The van der Waals surface area contributed by atoms with E-state index in [0.717, 1.165) is 29.5 Å². The summed E-state index contributed by atoms with van der Waals surface area (Å²) in [7, 11) is 1.73. The molecule has 2 heterocycles. The largest absolute Gasteiger partial charge is 0.378 e. The highest BCUT2D eigenvalue weighted by molar-refractivity contribution is 6.33. The van der Waals surface area contributed by atoms with Crippen molar-refractivity contribution in [2.75, 3.05) is 25.1 Å². The summed E-state index contributed by atoms with van der Waals surface area (Å²) >= 11 is 6.15. The molecule has 0 radical (unpaired) electrons. The van der Waals surface area contributed by atoms with Crippen molar-refractivity contribution in [3.05, 3.63) is 22.8 Å². The number of anilines is 1. The molecule has 1 aliphatic heterocycles. The second kappa shape index (κ2) is 3.75. The molecule has 14 heavy (non-hydrogen) atoms. The molecule has 1 aromatic rings. The number of hydrogen-bond donors (Lipinski definition) is 0. The normalized spacial score (nSPS) is 16.9. The number of ether oxygens (including phenoxy) is 1. The Balaban J connectivity index is 2.14. The summed E-state index contributed by atoms with van der Waals surface area (Å²) in [4.78, 5) is 6.40. The molecule has 1 aliphatic rings. The van der Waals surface area contributed by atoms with Crippen molar-refractivity contribution in [1.82, 2.24) is 4.98 Å². The molecular weight excluding hydrogens is 200 g/mol. The Morgan fingerprint density at radius 1 is 1.57 bits per heavy atom. The zero-order valence-electron chi connectivity index (χ0n) is 8.33. The van der Waals surface area contributed by atoms with Crippen molar-refractivity contribution < 1.29 is 4.74 Å². The molecule has 0 saturated carbocycles. The maximum absolute atomic E-state index is 6.15. The SMILES string of the molecule is COC1CN(c2nccc(C)c2Cl)C1. The highest BCUT2D eigenvalue weighted by Gasteiger charge is 2.28. The fourth-order valence-electron chi connectivity index (χ4n) is 1.51. The van der Waals surface area contributed by atoms with Crippen LogP contribution in [0, 0.1) is 6.92 Å². The molecule has 1 fully saturated rings. The maximum atomic E-state index is 6.15. The van der Waals surface area contributed by atoms with Gasteiger partial charge in [0.15, 0.2) is 0 Å². The molecular formula is C10H13ClN2O. The summed E-state index contributed by atoms with van der Waals surface area (Å²) in [5, 5.41) is 0.752. The van der Waals surface area contributed by atoms with Crippen molar-refractivity contribution in [2.24, 2.45) is 0 Å². The minimum atomic E-state index is 0.327. The van der Waals surface area contributed by atoms with Crippen molar-refractivity contribution in [3.63, 3.8) is 0 Å². The minimum absolute atomic E-state index is 0.327. The van der Waals surface area contributed by atoms with Crippen LogP contribution in [0.15, 0.2) is 12.3 Å². The van der Waals surface area contributed by atoms with Crippen LogP contribution < -0.4 is 4.90 Å². The summed E-state index contributed by atoms with van der Waals surface area (Å²) < 4.78 is 5.20. The lowest BCUT2D eigenvalue weighted by Gasteiger charge is -2.39. The van der Waals surface area contributed by atoms with E-state index in [4.69, 9.17) is 16.3 Å². The lowest BCUT2D eigenvalue weighted by atomic mass is 10.1. The third-order valence-corrected chi connectivity index (χ3v) is 3.01. The van der Waals surface area contributed by atoms with Crippen molar-refractivity contribution in [1.29, 1.82) is 0 Å². The van der Waals surface area contributed by atoms with Gasteiger partial charge in [-0.3, -0.25) is 0 Å². The molecule has 1 saturated heterocycles. The number of halogens is 1. The lowest BCUT2D eigenvalue weighted by Crippen LogP contribution is -2.52. The summed E-state index contributed by atoms with van der Waals surface area (Å²) in [6.07, 6.45) is 2.12. The number of pyridine rings is 1. The fraction of sp³-hybridized carbons (Fsp3) is 0.500. The predicted octanol–water partition coefficient (Wildman–Crippen LogP) is 1.88. The summed E-state index contributed by atoms with van der Waals surface area (Å²) in [6, 6.07) is 1.92. The van der Waals surface area contributed by atoms with Gasteiger partial charge in [-0.05, 0) is 18.6 Å². The highest BCUT2D eigenvalue weighted by atomic mass is 35.5. The number of aromatic nitrogens is 1. The number of aryl methyl sites for hydroxylation is 1. The predicted molar refractivity (Wildman–Crippen MR) is 57.0 cm³/mol. The molecule has 0 aromatic carbocycles. The van der Waals surface area contributed by atoms with Crippen LogP contribution in [0.2, 0.25) is 5.02 Å². The first-order chi connectivity index (χ1) is 6.72. The van der Waals surface area contributed by atoms with Gasteiger partial charge in [0.2, 0.25) is 0 Å². The molecule has 0 unspecified atom stereocenters.